The molecule has 3 rings (SSSR count). The molecule has 0 saturated carbocycles. The van der Waals surface area contributed by atoms with Crippen molar-refractivity contribution >= 4 is 43.3 Å². The summed E-state index contributed by atoms with van der Waals surface area (Å²) in [5.74, 6) is -3.80. The smallest absolute Gasteiger partial charge is 0.275 e. The van der Waals surface area contributed by atoms with Gasteiger partial charge in [0, 0.05) is 6.54 Å². The first-order valence-electron chi connectivity index (χ1n) is 8.72. The van der Waals surface area contributed by atoms with Crippen molar-refractivity contribution in [2.75, 3.05) is 30.7 Å². The van der Waals surface area contributed by atoms with E-state index >= 15 is 0 Å². The van der Waals surface area contributed by atoms with Crippen LogP contribution in [-0.4, -0.2) is 66.1 Å². The number of benzene rings is 1. The standard InChI is InChI=1S/C15H17BrF3N7O4S/c16-10-6-9(2-3-11(10)17)21-14(22-27)12-13(24-30-23-12)20-4-1-5-31(28,29)25-26-7-15(18,19)8-26/h2-3,6,25,27H,1,4-5,7-8H2,(H,20,24)(H,21,22). The van der Waals surface area contributed by atoms with Gasteiger partial charge in [0.1, 0.15) is 5.82 Å². The predicted molar refractivity (Wildman–Crippen MR) is 106 cm³/mol. The number of aromatic nitrogens is 2. The van der Waals surface area contributed by atoms with Gasteiger partial charge in [0.25, 0.3) is 5.92 Å². The number of alkyl halides is 2. The Morgan fingerprint density at radius 2 is 2.10 bits per heavy atom. The molecule has 0 unspecified atom stereocenters. The van der Waals surface area contributed by atoms with E-state index in [9.17, 15) is 26.8 Å². The maximum Gasteiger partial charge on any atom is 0.275 e. The molecule has 11 nitrogen and oxygen atoms in total. The Bertz CT molecular complexity index is 1060. The largest absolute Gasteiger partial charge is 0.365 e. The van der Waals surface area contributed by atoms with Crippen molar-refractivity contribution in [3.05, 3.63) is 34.2 Å². The van der Waals surface area contributed by atoms with Gasteiger partial charge in [0.05, 0.1) is 29.0 Å². The zero-order valence-corrected chi connectivity index (χ0v) is 18.1. The third-order valence-corrected chi connectivity index (χ3v) is 5.93. The van der Waals surface area contributed by atoms with Crippen LogP contribution in [0.5, 0.6) is 0 Å². The fourth-order valence-corrected chi connectivity index (χ4v) is 4.07. The normalized spacial score (nSPS) is 16.7. The fraction of sp³-hybridized carbons (Fsp3) is 0.400. The monoisotopic (exact) mass is 527 g/mol. The van der Waals surface area contributed by atoms with Crippen LogP contribution in [0.1, 0.15) is 12.1 Å². The molecule has 0 amide bonds. The highest BCUT2D eigenvalue weighted by Crippen LogP contribution is 2.25. The van der Waals surface area contributed by atoms with Gasteiger partial charge in [-0.1, -0.05) is 0 Å². The molecular formula is C15H17BrF3N7O4S. The molecule has 1 aliphatic rings. The molecule has 1 aromatic heterocycles. The second-order valence-electron chi connectivity index (χ2n) is 6.53. The van der Waals surface area contributed by atoms with Gasteiger partial charge in [0.15, 0.2) is 11.5 Å². The molecule has 0 radical (unpaired) electrons. The lowest BCUT2D eigenvalue weighted by Crippen LogP contribution is -2.62. The number of hydroxylamine groups is 1. The average Bonchev–Trinajstić information content (AvgIpc) is 3.12. The Balaban J connectivity index is 1.56. The highest BCUT2D eigenvalue weighted by Gasteiger charge is 2.45. The molecule has 1 fully saturated rings. The van der Waals surface area contributed by atoms with Gasteiger partial charge >= 0.3 is 0 Å². The molecule has 0 aliphatic carbocycles. The van der Waals surface area contributed by atoms with Gasteiger partial charge in [-0.2, -0.15) is 0 Å². The SMILES string of the molecule is O=S(=O)(CCCNc1nonc1C(=Nc1ccc(F)c(Br)c1)NO)NN1CC(F)(F)C1. The Morgan fingerprint density at radius 1 is 1.35 bits per heavy atom. The minimum absolute atomic E-state index is 0.00765. The quantitative estimate of drug-likeness (QED) is 0.165. The number of hydrogen-bond acceptors (Lipinski definition) is 9. The molecule has 1 aliphatic heterocycles. The van der Waals surface area contributed by atoms with Gasteiger partial charge in [-0.3, -0.25) is 10.7 Å². The highest BCUT2D eigenvalue weighted by molar-refractivity contribution is 9.10. The number of sulfonamides is 1. The summed E-state index contributed by atoms with van der Waals surface area (Å²) < 4.78 is 67.5. The highest BCUT2D eigenvalue weighted by atomic mass is 79.9. The third kappa shape index (κ3) is 6.36. The van der Waals surface area contributed by atoms with Crippen molar-refractivity contribution < 1.29 is 31.4 Å². The van der Waals surface area contributed by atoms with Gasteiger partial charge in [-0.25, -0.2) is 36.2 Å². The van der Waals surface area contributed by atoms with Crippen LogP contribution in [-0.2, 0) is 10.0 Å². The van der Waals surface area contributed by atoms with Crippen LogP contribution in [0.2, 0.25) is 0 Å². The Morgan fingerprint density at radius 3 is 2.74 bits per heavy atom. The molecule has 1 saturated heterocycles. The Kier molecular flexibility index (Phi) is 7.15. The molecule has 31 heavy (non-hydrogen) atoms. The molecule has 1 aromatic carbocycles. The molecule has 170 valence electrons. The van der Waals surface area contributed by atoms with Gasteiger partial charge in [-0.15, -0.1) is 4.83 Å². The summed E-state index contributed by atoms with van der Waals surface area (Å²) >= 11 is 3.03. The molecule has 0 bridgehead atoms. The minimum Gasteiger partial charge on any atom is -0.365 e. The lowest BCUT2D eigenvalue weighted by Gasteiger charge is -2.38. The van der Waals surface area contributed by atoms with Gasteiger partial charge in [0.2, 0.25) is 15.8 Å². The number of aliphatic imine (C=N–C) groups is 1. The number of nitrogens with zero attached hydrogens (tertiary/aromatic N) is 4. The van der Waals surface area contributed by atoms with Crippen molar-refractivity contribution in [1.29, 1.82) is 0 Å². The first-order valence-corrected chi connectivity index (χ1v) is 11.2. The number of hydrazine groups is 1. The molecule has 4 N–H and O–H groups in total. The Labute approximate surface area is 182 Å². The summed E-state index contributed by atoms with van der Waals surface area (Å²) in [5, 5.41) is 20.3. The van der Waals surface area contributed by atoms with E-state index in [1.54, 1.807) is 0 Å². The fourth-order valence-electron chi connectivity index (χ4n) is 2.56. The van der Waals surface area contributed by atoms with Crippen molar-refractivity contribution in [3.8, 4) is 0 Å². The van der Waals surface area contributed by atoms with E-state index in [-0.39, 0.29) is 46.2 Å². The van der Waals surface area contributed by atoms with Crippen molar-refractivity contribution in [1.82, 2.24) is 25.6 Å². The number of amidine groups is 1. The summed E-state index contributed by atoms with van der Waals surface area (Å²) in [7, 11) is -3.78. The maximum atomic E-state index is 13.3. The van der Waals surface area contributed by atoms with Crippen molar-refractivity contribution in [2.24, 2.45) is 4.99 Å². The zero-order valence-electron chi connectivity index (χ0n) is 15.6. The molecule has 0 spiro atoms. The van der Waals surface area contributed by atoms with E-state index in [1.807, 2.05) is 5.48 Å². The van der Waals surface area contributed by atoms with E-state index in [4.69, 9.17) is 0 Å². The van der Waals surface area contributed by atoms with Gasteiger partial charge < -0.3 is 5.32 Å². The first kappa shape index (κ1) is 23.4. The number of halogens is 4. The molecule has 2 heterocycles. The summed E-state index contributed by atoms with van der Waals surface area (Å²) in [6.07, 6.45) is 0.107. The lowest BCUT2D eigenvalue weighted by atomic mass is 10.2. The average molecular weight is 528 g/mol. The Hall–Kier alpha value is -2.27. The predicted octanol–water partition coefficient (Wildman–Crippen LogP) is 1.62. The van der Waals surface area contributed by atoms with Crippen LogP contribution < -0.4 is 15.6 Å². The zero-order chi connectivity index (χ0) is 22.6. The summed E-state index contributed by atoms with van der Waals surface area (Å²) in [5.41, 5.74) is 2.13. The summed E-state index contributed by atoms with van der Waals surface area (Å²) in [4.78, 5) is 6.17. The van der Waals surface area contributed by atoms with Crippen LogP contribution in [0.15, 0.2) is 32.3 Å². The minimum atomic E-state index is -3.78. The maximum absolute atomic E-state index is 13.3. The summed E-state index contributed by atoms with van der Waals surface area (Å²) in [6.45, 7) is -1.22. The second-order valence-corrected chi connectivity index (χ2v) is 9.21. The van der Waals surface area contributed by atoms with Crippen LogP contribution in [0, 0.1) is 5.82 Å². The van der Waals surface area contributed by atoms with Crippen LogP contribution >= 0.6 is 15.9 Å². The van der Waals surface area contributed by atoms with Crippen molar-refractivity contribution in [3.63, 3.8) is 0 Å². The molecular weight excluding hydrogens is 511 g/mol. The number of nitrogens with one attached hydrogen (secondary N) is 3. The lowest BCUT2D eigenvalue weighted by molar-refractivity contribution is -0.139. The van der Waals surface area contributed by atoms with E-state index in [1.165, 1.54) is 18.2 Å². The molecule has 0 atom stereocenters. The molecule has 2 aromatic rings. The first-order chi connectivity index (χ1) is 14.6. The molecule has 16 heteroatoms. The number of anilines is 1. The second kappa shape index (κ2) is 9.47. The third-order valence-electron chi connectivity index (χ3n) is 3.96. The van der Waals surface area contributed by atoms with E-state index in [0.717, 1.165) is 5.01 Å². The number of rotatable bonds is 9. The van der Waals surface area contributed by atoms with E-state index < -0.39 is 34.9 Å². The van der Waals surface area contributed by atoms with Crippen molar-refractivity contribution in [2.45, 2.75) is 12.3 Å². The number of hydrogen-bond donors (Lipinski definition) is 4. The van der Waals surface area contributed by atoms with Crippen LogP contribution in [0.3, 0.4) is 0 Å². The van der Waals surface area contributed by atoms with Crippen LogP contribution in [0.25, 0.3) is 0 Å². The van der Waals surface area contributed by atoms with E-state index in [0.29, 0.717) is 0 Å². The van der Waals surface area contributed by atoms with Crippen LogP contribution in [0.4, 0.5) is 24.7 Å². The van der Waals surface area contributed by atoms with E-state index in [2.05, 4.69) is 46.0 Å². The summed E-state index contributed by atoms with van der Waals surface area (Å²) in [6, 6.07) is 3.91. The van der Waals surface area contributed by atoms with Gasteiger partial charge in [-0.05, 0) is 50.9 Å². The topological polar surface area (TPSA) is 145 Å².